The standard InChI is InChI=1S/C25H25BrN6O9S2/c1-4-28-15(9-5-13(33)14(34)6-11(9)26)10-7-42-21-17(20(36)32(21)18(10)22(37)38)30-19(35)16(12-8-43-24(27)29-12)31-41-25(2,3)23(39)40/h4-6,8,15,17,21,28,33-34H,1,7H2,2-3H3,(H2,27,29)(H,30,35)(H,37,38)(H,39,40)/b31-16-/t15?,17?,21-/m0/s1. The van der Waals surface area contributed by atoms with Crippen LogP contribution in [0.5, 0.6) is 11.5 Å². The number of amides is 2. The minimum Gasteiger partial charge on any atom is -0.504 e. The van der Waals surface area contributed by atoms with Gasteiger partial charge in [0.2, 0.25) is 5.60 Å². The van der Waals surface area contributed by atoms with Crippen molar-refractivity contribution in [1.29, 1.82) is 0 Å². The summed E-state index contributed by atoms with van der Waals surface area (Å²) < 4.78 is 0.356. The summed E-state index contributed by atoms with van der Waals surface area (Å²) in [5.41, 5.74) is 3.74. The number of carboxylic acids is 2. The zero-order valence-electron chi connectivity index (χ0n) is 22.4. The van der Waals surface area contributed by atoms with E-state index in [1.165, 1.54) is 49.3 Å². The molecule has 1 saturated heterocycles. The maximum Gasteiger partial charge on any atom is 0.352 e. The number of phenolic OH excluding ortho intramolecular Hbond substituents is 2. The van der Waals surface area contributed by atoms with E-state index in [1.54, 1.807) is 0 Å². The van der Waals surface area contributed by atoms with Gasteiger partial charge in [0, 0.05) is 15.6 Å². The first-order chi connectivity index (χ1) is 20.2. The minimum absolute atomic E-state index is 0.0180. The Labute approximate surface area is 260 Å². The van der Waals surface area contributed by atoms with Gasteiger partial charge in [-0.05, 0) is 43.3 Å². The molecule has 0 aliphatic carbocycles. The van der Waals surface area contributed by atoms with Crippen LogP contribution in [0.4, 0.5) is 5.13 Å². The summed E-state index contributed by atoms with van der Waals surface area (Å²) in [5.74, 6) is -5.15. The number of nitrogens with one attached hydrogen (secondary N) is 2. The fraction of sp³-hybridized carbons (Fsp3) is 0.280. The molecule has 1 aromatic heterocycles. The fourth-order valence-corrected chi connectivity index (χ4v) is 6.65. The number of β-lactam (4-membered cyclic amide) rings is 1. The second kappa shape index (κ2) is 12.1. The Kier molecular flexibility index (Phi) is 8.93. The maximum absolute atomic E-state index is 13.3. The van der Waals surface area contributed by atoms with Crippen LogP contribution in [-0.4, -0.2) is 82.5 Å². The van der Waals surface area contributed by atoms with Crippen LogP contribution in [0, 0.1) is 0 Å². The van der Waals surface area contributed by atoms with Crippen LogP contribution in [-0.2, 0) is 24.0 Å². The molecular formula is C25H25BrN6O9S2. The van der Waals surface area contributed by atoms with Crippen LogP contribution in [0.1, 0.15) is 31.1 Å². The quantitative estimate of drug-likeness (QED) is 0.0767. The normalized spacial score (nSPS) is 19.2. The number of rotatable bonds is 11. The van der Waals surface area contributed by atoms with Gasteiger partial charge in [-0.15, -0.1) is 23.1 Å². The van der Waals surface area contributed by atoms with Crippen LogP contribution in [0.25, 0.3) is 0 Å². The number of anilines is 1. The molecule has 0 radical (unpaired) electrons. The lowest BCUT2D eigenvalue weighted by atomic mass is 9.94. The van der Waals surface area contributed by atoms with Crippen molar-refractivity contribution in [2.45, 2.75) is 36.9 Å². The molecule has 2 amide bonds. The fourth-order valence-electron chi connectivity index (χ4n) is 4.16. The van der Waals surface area contributed by atoms with Gasteiger partial charge in [-0.25, -0.2) is 14.6 Å². The Morgan fingerprint density at radius 1 is 1.30 bits per heavy atom. The highest BCUT2D eigenvalue weighted by molar-refractivity contribution is 9.10. The summed E-state index contributed by atoms with van der Waals surface area (Å²) >= 11 is 5.49. The first-order valence-corrected chi connectivity index (χ1v) is 14.9. The molecule has 4 rings (SSSR count). The largest absolute Gasteiger partial charge is 0.504 e. The Hall–Kier alpha value is -4.29. The first kappa shape index (κ1) is 31.6. The monoisotopic (exact) mass is 696 g/mol. The maximum atomic E-state index is 13.3. The lowest BCUT2D eigenvalue weighted by Gasteiger charge is -2.50. The molecule has 0 spiro atoms. The van der Waals surface area contributed by atoms with Gasteiger partial charge in [-0.2, -0.15) is 0 Å². The van der Waals surface area contributed by atoms with Crippen molar-refractivity contribution < 1.29 is 44.4 Å². The van der Waals surface area contributed by atoms with E-state index in [2.05, 4.69) is 43.3 Å². The molecule has 15 nitrogen and oxygen atoms in total. The summed E-state index contributed by atoms with van der Waals surface area (Å²) in [4.78, 5) is 60.7. The number of oxime groups is 1. The first-order valence-electron chi connectivity index (χ1n) is 12.2. The topological polar surface area (TPSA) is 237 Å². The summed E-state index contributed by atoms with van der Waals surface area (Å²) in [7, 11) is 0. The molecule has 8 N–H and O–H groups in total. The number of thiazole rings is 1. The van der Waals surface area contributed by atoms with Crippen molar-refractivity contribution in [3.63, 3.8) is 0 Å². The molecule has 43 heavy (non-hydrogen) atoms. The molecular weight excluding hydrogens is 672 g/mol. The highest BCUT2D eigenvalue weighted by Crippen LogP contribution is 2.45. The predicted octanol–water partition coefficient (Wildman–Crippen LogP) is 1.70. The number of carbonyl (C=O) groups is 4. The van der Waals surface area contributed by atoms with E-state index in [0.29, 0.717) is 10.0 Å². The smallest absolute Gasteiger partial charge is 0.352 e. The minimum atomic E-state index is -1.80. The van der Waals surface area contributed by atoms with Crippen molar-refractivity contribution in [3.05, 3.63) is 57.3 Å². The summed E-state index contributed by atoms with van der Waals surface area (Å²) in [6.07, 6.45) is 1.32. The molecule has 2 unspecified atom stereocenters. The number of thioether (sulfide) groups is 1. The molecule has 0 saturated carbocycles. The summed E-state index contributed by atoms with van der Waals surface area (Å²) in [6.45, 7) is 6.09. The number of phenols is 2. The van der Waals surface area contributed by atoms with Gasteiger partial charge < -0.3 is 41.6 Å². The lowest BCUT2D eigenvalue weighted by Crippen LogP contribution is -2.71. The van der Waals surface area contributed by atoms with Gasteiger partial charge >= 0.3 is 11.9 Å². The van der Waals surface area contributed by atoms with Crippen molar-refractivity contribution in [2.75, 3.05) is 11.5 Å². The average Bonchev–Trinajstić information content (AvgIpc) is 3.37. The third-order valence-corrected chi connectivity index (χ3v) is 9.05. The molecule has 18 heteroatoms. The second-order valence-electron chi connectivity index (χ2n) is 9.62. The zero-order chi connectivity index (χ0) is 31.8. The lowest BCUT2D eigenvalue weighted by molar-refractivity contribution is -0.161. The van der Waals surface area contributed by atoms with Crippen molar-refractivity contribution >= 4 is 73.6 Å². The van der Waals surface area contributed by atoms with Crippen molar-refractivity contribution in [2.24, 2.45) is 5.16 Å². The number of aromatic nitrogens is 1. The van der Waals surface area contributed by atoms with Gasteiger partial charge in [-0.3, -0.25) is 14.5 Å². The van der Waals surface area contributed by atoms with Crippen LogP contribution in [0.3, 0.4) is 0 Å². The number of hydrogen-bond donors (Lipinski definition) is 7. The van der Waals surface area contributed by atoms with E-state index in [-0.39, 0.29) is 27.8 Å². The number of carbonyl (C=O) groups excluding carboxylic acids is 2. The van der Waals surface area contributed by atoms with Gasteiger partial charge in [0.05, 0.1) is 6.04 Å². The molecule has 228 valence electrons. The van der Waals surface area contributed by atoms with Crippen molar-refractivity contribution in [3.8, 4) is 11.5 Å². The third kappa shape index (κ3) is 6.11. The number of nitrogens with zero attached hydrogens (tertiary/aromatic N) is 3. The van der Waals surface area contributed by atoms with E-state index in [9.17, 15) is 39.6 Å². The number of nitrogens with two attached hydrogens (primary N) is 1. The SMILES string of the molecule is C=CNC(C1=C(C(=O)O)N2C(=O)C(NC(=O)/C(=N\OC(C)(C)C(=O)O)c3csc(N)n3)[C@@H]2SC1)c1cc(O)c(O)cc1Br. The number of hydrogen-bond acceptors (Lipinski definition) is 13. The number of aliphatic carboxylic acids is 2. The zero-order valence-corrected chi connectivity index (χ0v) is 25.6. The van der Waals surface area contributed by atoms with Gasteiger partial charge in [0.1, 0.15) is 22.8 Å². The van der Waals surface area contributed by atoms with Crippen LogP contribution in [0.15, 0.2) is 51.2 Å². The number of aromatic hydroxyl groups is 2. The van der Waals surface area contributed by atoms with Gasteiger partial charge in [0.15, 0.2) is 22.3 Å². The van der Waals surface area contributed by atoms with Crippen LogP contribution in [0.2, 0.25) is 0 Å². The number of fused-ring (bicyclic) bond motifs is 1. The summed E-state index contributed by atoms with van der Waals surface area (Å²) in [5, 5.41) is 49.3. The summed E-state index contributed by atoms with van der Waals surface area (Å²) in [6, 6.07) is 0.462. The molecule has 3 atom stereocenters. The van der Waals surface area contributed by atoms with E-state index in [4.69, 9.17) is 10.6 Å². The third-order valence-electron chi connectivity index (χ3n) is 6.38. The van der Waals surface area contributed by atoms with Crippen LogP contribution >= 0.6 is 39.0 Å². The van der Waals surface area contributed by atoms with Gasteiger partial charge in [0.25, 0.3) is 11.8 Å². The molecule has 2 aromatic rings. The van der Waals surface area contributed by atoms with E-state index < -0.39 is 64.0 Å². The second-order valence-corrected chi connectivity index (χ2v) is 12.5. The Morgan fingerprint density at radius 3 is 2.56 bits per heavy atom. The van der Waals surface area contributed by atoms with Crippen LogP contribution < -0.4 is 16.4 Å². The van der Waals surface area contributed by atoms with E-state index in [1.807, 2.05) is 0 Å². The predicted molar refractivity (Wildman–Crippen MR) is 159 cm³/mol. The van der Waals surface area contributed by atoms with E-state index in [0.717, 1.165) is 16.2 Å². The number of benzene rings is 1. The average molecular weight is 698 g/mol. The number of halogens is 1. The van der Waals surface area contributed by atoms with Crippen molar-refractivity contribution in [1.82, 2.24) is 20.5 Å². The Bertz CT molecular complexity index is 1590. The molecule has 2 aliphatic rings. The molecule has 1 fully saturated rings. The van der Waals surface area contributed by atoms with E-state index >= 15 is 0 Å². The Morgan fingerprint density at radius 2 is 1.98 bits per heavy atom. The number of carboxylic acid groups (broad SMARTS) is 2. The molecule has 3 heterocycles. The Balaban J connectivity index is 1.65. The molecule has 1 aromatic carbocycles. The molecule has 0 bridgehead atoms. The highest BCUT2D eigenvalue weighted by Gasteiger charge is 2.55. The van der Waals surface area contributed by atoms with Gasteiger partial charge in [-0.1, -0.05) is 27.7 Å². The highest BCUT2D eigenvalue weighted by atomic mass is 79.9. The molecule has 2 aliphatic heterocycles. The number of nitrogen functional groups attached to an aromatic ring is 1.